The molecule has 0 amide bonds. The zero-order valence-corrected chi connectivity index (χ0v) is 10.1. The van der Waals surface area contributed by atoms with Crippen LogP contribution in [0.1, 0.15) is 24.8 Å². The minimum absolute atomic E-state index is 0.206. The molecule has 0 radical (unpaired) electrons. The molecule has 0 aliphatic carbocycles. The Hall–Kier alpha value is -2.02. The number of aromatic nitrogens is 4. The first kappa shape index (κ1) is 11.1. The van der Waals surface area contributed by atoms with Crippen molar-refractivity contribution in [3.05, 3.63) is 18.4 Å². The molecule has 3 heterocycles. The second-order valence-electron chi connectivity index (χ2n) is 4.42. The van der Waals surface area contributed by atoms with Crippen molar-refractivity contribution in [1.82, 2.24) is 25.0 Å². The molecule has 1 aliphatic rings. The van der Waals surface area contributed by atoms with Gasteiger partial charge in [-0.15, -0.1) is 0 Å². The molecule has 18 heavy (non-hydrogen) atoms. The van der Waals surface area contributed by atoms with E-state index in [1.54, 1.807) is 6.20 Å². The molecule has 1 saturated heterocycles. The van der Waals surface area contributed by atoms with Crippen LogP contribution in [0.2, 0.25) is 0 Å². The normalized spacial score (nSPS) is 20.4. The molecule has 0 saturated carbocycles. The van der Waals surface area contributed by atoms with Crippen LogP contribution >= 0.6 is 0 Å². The summed E-state index contributed by atoms with van der Waals surface area (Å²) in [5, 5.41) is 3.95. The molecule has 94 valence electrons. The van der Waals surface area contributed by atoms with Gasteiger partial charge >= 0.3 is 0 Å². The van der Waals surface area contributed by atoms with E-state index in [-0.39, 0.29) is 6.04 Å². The van der Waals surface area contributed by atoms with Gasteiger partial charge in [0.25, 0.3) is 0 Å². The fourth-order valence-electron chi connectivity index (χ4n) is 2.21. The zero-order chi connectivity index (χ0) is 12.5. The fraction of sp³-hybridized carbons (Fsp3) is 0.455. The minimum atomic E-state index is 0.206. The first-order valence-electron chi connectivity index (χ1n) is 5.85. The number of nitrogens with zero attached hydrogens (tertiary/aromatic N) is 5. The maximum Gasteiger partial charge on any atom is 0.244 e. The SMILES string of the molecule is CN1CCC[C@H]1c1nc(-c2cncnc2N)no1. The summed E-state index contributed by atoms with van der Waals surface area (Å²) in [5.74, 6) is 1.44. The third kappa shape index (κ3) is 1.82. The van der Waals surface area contributed by atoms with Crippen LogP contribution in [0.5, 0.6) is 0 Å². The highest BCUT2D eigenvalue weighted by Crippen LogP contribution is 2.30. The van der Waals surface area contributed by atoms with Gasteiger partial charge in [0.15, 0.2) is 0 Å². The molecular formula is C11H14N6O. The van der Waals surface area contributed by atoms with E-state index in [0.717, 1.165) is 19.4 Å². The van der Waals surface area contributed by atoms with E-state index >= 15 is 0 Å². The number of nitrogen functional groups attached to an aromatic ring is 1. The molecule has 1 aliphatic heterocycles. The van der Waals surface area contributed by atoms with E-state index in [1.807, 2.05) is 0 Å². The van der Waals surface area contributed by atoms with Gasteiger partial charge in [-0.1, -0.05) is 5.16 Å². The molecule has 2 aromatic heterocycles. The minimum Gasteiger partial charge on any atom is -0.383 e. The predicted octanol–water partition coefficient (Wildman–Crippen LogP) is 0.875. The lowest BCUT2D eigenvalue weighted by Crippen LogP contribution is -2.17. The van der Waals surface area contributed by atoms with Crippen molar-refractivity contribution >= 4 is 5.82 Å². The van der Waals surface area contributed by atoms with E-state index in [4.69, 9.17) is 10.3 Å². The van der Waals surface area contributed by atoms with Gasteiger partial charge in [-0.05, 0) is 26.4 Å². The number of hydrogen-bond donors (Lipinski definition) is 1. The zero-order valence-electron chi connectivity index (χ0n) is 10.1. The molecule has 0 aromatic carbocycles. The van der Waals surface area contributed by atoms with Gasteiger partial charge in [0.05, 0.1) is 11.6 Å². The van der Waals surface area contributed by atoms with Gasteiger partial charge in [0.2, 0.25) is 11.7 Å². The van der Waals surface area contributed by atoms with Crippen molar-refractivity contribution in [1.29, 1.82) is 0 Å². The van der Waals surface area contributed by atoms with Crippen molar-refractivity contribution in [3.63, 3.8) is 0 Å². The second-order valence-corrected chi connectivity index (χ2v) is 4.42. The Kier molecular flexibility index (Phi) is 2.67. The Labute approximate surface area is 104 Å². The lowest BCUT2D eigenvalue weighted by atomic mass is 10.2. The molecule has 2 aromatic rings. The van der Waals surface area contributed by atoms with Gasteiger partial charge in [-0.2, -0.15) is 4.98 Å². The van der Waals surface area contributed by atoms with Crippen LogP contribution in [0.3, 0.4) is 0 Å². The Morgan fingerprint density at radius 1 is 1.50 bits per heavy atom. The monoisotopic (exact) mass is 246 g/mol. The Morgan fingerprint density at radius 2 is 2.39 bits per heavy atom. The molecule has 7 nitrogen and oxygen atoms in total. The first-order valence-corrected chi connectivity index (χ1v) is 5.85. The number of likely N-dealkylation sites (tertiary alicyclic amines) is 1. The average Bonchev–Trinajstić information content (AvgIpc) is 2.98. The van der Waals surface area contributed by atoms with Crippen LogP contribution in [0.25, 0.3) is 11.4 Å². The average molecular weight is 246 g/mol. The number of hydrogen-bond acceptors (Lipinski definition) is 7. The molecule has 2 N–H and O–H groups in total. The summed E-state index contributed by atoms with van der Waals surface area (Å²) in [6, 6.07) is 0.206. The predicted molar refractivity (Wildman–Crippen MR) is 64.3 cm³/mol. The smallest absolute Gasteiger partial charge is 0.244 e. The third-order valence-electron chi connectivity index (χ3n) is 3.23. The van der Waals surface area contributed by atoms with E-state index in [1.165, 1.54) is 6.33 Å². The molecule has 0 unspecified atom stereocenters. The highest BCUT2D eigenvalue weighted by atomic mass is 16.5. The van der Waals surface area contributed by atoms with Crippen LogP contribution in [0.15, 0.2) is 17.0 Å². The molecule has 7 heteroatoms. The van der Waals surface area contributed by atoms with Crippen LogP contribution in [-0.4, -0.2) is 38.6 Å². The topological polar surface area (TPSA) is 94.0 Å². The fourth-order valence-corrected chi connectivity index (χ4v) is 2.21. The maximum atomic E-state index is 5.76. The van der Waals surface area contributed by atoms with Crippen molar-refractivity contribution in [2.75, 3.05) is 19.3 Å². The quantitative estimate of drug-likeness (QED) is 0.840. The van der Waals surface area contributed by atoms with Gasteiger partial charge in [0, 0.05) is 6.20 Å². The summed E-state index contributed by atoms with van der Waals surface area (Å²) in [6.07, 6.45) is 5.17. The van der Waals surface area contributed by atoms with E-state index < -0.39 is 0 Å². The van der Waals surface area contributed by atoms with E-state index in [0.29, 0.717) is 23.1 Å². The Morgan fingerprint density at radius 3 is 3.11 bits per heavy atom. The molecular weight excluding hydrogens is 232 g/mol. The third-order valence-corrected chi connectivity index (χ3v) is 3.23. The van der Waals surface area contributed by atoms with Crippen molar-refractivity contribution < 1.29 is 4.52 Å². The summed E-state index contributed by atoms with van der Waals surface area (Å²) in [7, 11) is 2.06. The molecule has 0 spiro atoms. The van der Waals surface area contributed by atoms with Crippen LogP contribution in [-0.2, 0) is 0 Å². The van der Waals surface area contributed by atoms with Gasteiger partial charge in [-0.3, -0.25) is 4.90 Å². The second kappa shape index (κ2) is 4.34. The summed E-state index contributed by atoms with van der Waals surface area (Å²) >= 11 is 0. The lowest BCUT2D eigenvalue weighted by Gasteiger charge is -2.14. The first-order chi connectivity index (χ1) is 8.75. The lowest BCUT2D eigenvalue weighted by molar-refractivity contribution is 0.245. The standard InChI is InChI=1S/C11H14N6O/c1-17-4-2-3-8(17)11-15-10(16-18-11)7-5-13-6-14-9(7)12/h5-6,8H,2-4H2,1H3,(H2,12,13,14)/t8-/m0/s1. The van der Waals surface area contributed by atoms with Crippen LogP contribution < -0.4 is 5.73 Å². The molecule has 1 atom stereocenters. The number of rotatable bonds is 2. The molecule has 1 fully saturated rings. The number of anilines is 1. The summed E-state index contributed by atoms with van der Waals surface area (Å²) in [4.78, 5) is 14.4. The van der Waals surface area contributed by atoms with Crippen molar-refractivity contribution in [3.8, 4) is 11.4 Å². The van der Waals surface area contributed by atoms with E-state index in [2.05, 4.69) is 32.1 Å². The summed E-state index contributed by atoms with van der Waals surface area (Å²) in [5.41, 5.74) is 6.36. The van der Waals surface area contributed by atoms with Gasteiger partial charge < -0.3 is 10.3 Å². The largest absolute Gasteiger partial charge is 0.383 e. The van der Waals surface area contributed by atoms with E-state index in [9.17, 15) is 0 Å². The Bertz CT molecular complexity index is 554. The maximum absolute atomic E-state index is 5.76. The van der Waals surface area contributed by atoms with Gasteiger partial charge in [0.1, 0.15) is 12.1 Å². The van der Waals surface area contributed by atoms with Crippen molar-refractivity contribution in [2.45, 2.75) is 18.9 Å². The molecule has 0 bridgehead atoms. The van der Waals surface area contributed by atoms with Gasteiger partial charge in [-0.25, -0.2) is 9.97 Å². The number of nitrogens with two attached hydrogens (primary N) is 1. The van der Waals surface area contributed by atoms with Crippen molar-refractivity contribution in [2.24, 2.45) is 0 Å². The summed E-state index contributed by atoms with van der Waals surface area (Å²) in [6.45, 7) is 1.05. The highest BCUT2D eigenvalue weighted by Gasteiger charge is 2.28. The molecule has 3 rings (SSSR count). The van der Waals surface area contributed by atoms with Crippen LogP contribution in [0.4, 0.5) is 5.82 Å². The van der Waals surface area contributed by atoms with Crippen LogP contribution in [0, 0.1) is 0 Å². The summed E-state index contributed by atoms with van der Waals surface area (Å²) < 4.78 is 5.31. The Balaban J connectivity index is 1.92. The highest BCUT2D eigenvalue weighted by molar-refractivity contribution is 5.66.